The molecule has 0 spiro atoms. The second kappa shape index (κ2) is 9.70. The van der Waals surface area contributed by atoms with E-state index in [1.807, 2.05) is 54.6 Å². The Labute approximate surface area is 205 Å². The van der Waals surface area contributed by atoms with Gasteiger partial charge in [0.2, 0.25) is 5.88 Å². The number of ether oxygens (including phenoxy) is 2. The van der Waals surface area contributed by atoms with Crippen molar-refractivity contribution in [3.05, 3.63) is 93.9 Å². The molecule has 0 radical (unpaired) electrons. The van der Waals surface area contributed by atoms with Crippen LogP contribution in [-0.2, 0) is 12.0 Å². The zero-order valence-corrected chi connectivity index (χ0v) is 21.0. The molecule has 2 aromatic heterocycles. The average molecular weight is 471 g/mol. The summed E-state index contributed by atoms with van der Waals surface area (Å²) in [5.41, 5.74) is 3.46. The Hall–Kier alpha value is -4.00. The molecule has 0 saturated heterocycles. The normalized spacial score (nSPS) is 11.4. The largest absolute Gasteiger partial charge is 0.497 e. The molecule has 2 heterocycles. The Kier molecular flexibility index (Phi) is 6.69. The monoisotopic (exact) mass is 470 g/mol. The zero-order chi connectivity index (χ0) is 25.2. The maximum absolute atomic E-state index is 13.4. The van der Waals surface area contributed by atoms with Gasteiger partial charge < -0.3 is 9.47 Å². The van der Waals surface area contributed by atoms with Crippen molar-refractivity contribution in [3.8, 4) is 28.6 Å². The molecule has 0 bridgehead atoms. The smallest absolute Gasteiger partial charge is 0.264 e. The van der Waals surface area contributed by atoms with E-state index in [4.69, 9.17) is 14.5 Å². The standard InChI is InChI=1S/C28H30N4O3/c1-18-25(35-17-20-9-7-12-23(15-20)34-6)30-19(2)32(26(18)33)22-11-8-10-21(16-22)24-13-14-29-27(31-24)28(3,4)5/h7-16H,17H2,1-6H3. The number of hydrogen-bond acceptors (Lipinski definition) is 6. The van der Waals surface area contributed by atoms with Gasteiger partial charge in [0.05, 0.1) is 24.1 Å². The molecule has 0 aliphatic carbocycles. The van der Waals surface area contributed by atoms with Crippen LogP contribution >= 0.6 is 0 Å². The first-order valence-corrected chi connectivity index (χ1v) is 11.5. The van der Waals surface area contributed by atoms with Crippen molar-refractivity contribution < 1.29 is 9.47 Å². The third-order valence-electron chi connectivity index (χ3n) is 5.67. The van der Waals surface area contributed by atoms with Crippen LogP contribution in [0.15, 0.2) is 65.6 Å². The zero-order valence-electron chi connectivity index (χ0n) is 21.0. The molecule has 0 amide bonds. The first kappa shape index (κ1) is 24.1. The molecule has 0 aliphatic heterocycles. The fraction of sp³-hybridized carbons (Fsp3) is 0.286. The topological polar surface area (TPSA) is 79.1 Å². The van der Waals surface area contributed by atoms with E-state index in [9.17, 15) is 4.79 Å². The van der Waals surface area contributed by atoms with Gasteiger partial charge in [-0.25, -0.2) is 9.97 Å². The van der Waals surface area contributed by atoms with Crippen molar-refractivity contribution in [2.75, 3.05) is 7.11 Å². The van der Waals surface area contributed by atoms with Crippen molar-refractivity contribution in [1.82, 2.24) is 19.5 Å². The van der Waals surface area contributed by atoms with Crippen molar-refractivity contribution >= 4 is 0 Å². The summed E-state index contributed by atoms with van der Waals surface area (Å²) < 4.78 is 12.8. The molecular formula is C28H30N4O3. The van der Waals surface area contributed by atoms with Crippen LogP contribution in [0.5, 0.6) is 11.6 Å². The van der Waals surface area contributed by atoms with Crippen LogP contribution in [0.1, 0.15) is 43.5 Å². The Morgan fingerprint density at radius 2 is 1.74 bits per heavy atom. The Morgan fingerprint density at radius 3 is 2.49 bits per heavy atom. The summed E-state index contributed by atoms with van der Waals surface area (Å²) in [4.78, 5) is 27.1. The molecule has 7 nitrogen and oxygen atoms in total. The van der Waals surface area contributed by atoms with E-state index >= 15 is 0 Å². The minimum atomic E-state index is -0.173. The van der Waals surface area contributed by atoms with E-state index in [0.717, 1.165) is 34.1 Å². The van der Waals surface area contributed by atoms with Gasteiger partial charge in [-0.3, -0.25) is 9.36 Å². The maximum Gasteiger partial charge on any atom is 0.264 e. The van der Waals surface area contributed by atoms with Gasteiger partial charge in [-0.1, -0.05) is 45.0 Å². The number of methoxy groups -OCH3 is 1. The third-order valence-corrected chi connectivity index (χ3v) is 5.67. The first-order valence-electron chi connectivity index (χ1n) is 11.5. The lowest BCUT2D eigenvalue weighted by Crippen LogP contribution is -2.25. The highest BCUT2D eigenvalue weighted by Crippen LogP contribution is 2.25. The Balaban J connectivity index is 1.66. The molecule has 4 aromatic rings. The predicted molar refractivity (Wildman–Crippen MR) is 136 cm³/mol. The van der Waals surface area contributed by atoms with Gasteiger partial charge in [0.15, 0.2) is 0 Å². The molecule has 4 rings (SSSR count). The molecule has 7 heteroatoms. The molecule has 0 fully saturated rings. The van der Waals surface area contributed by atoms with E-state index in [1.54, 1.807) is 31.7 Å². The van der Waals surface area contributed by atoms with Crippen molar-refractivity contribution in [2.45, 2.75) is 46.6 Å². The lowest BCUT2D eigenvalue weighted by molar-refractivity contribution is 0.288. The second-order valence-electron chi connectivity index (χ2n) is 9.44. The van der Waals surface area contributed by atoms with Gasteiger partial charge >= 0.3 is 0 Å². The van der Waals surface area contributed by atoms with Crippen LogP contribution in [0.4, 0.5) is 0 Å². The first-order chi connectivity index (χ1) is 16.7. The fourth-order valence-electron chi connectivity index (χ4n) is 3.73. The highest BCUT2D eigenvalue weighted by Gasteiger charge is 2.18. The van der Waals surface area contributed by atoms with E-state index in [-0.39, 0.29) is 17.6 Å². The van der Waals surface area contributed by atoms with Gasteiger partial charge in [-0.05, 0) is 49.7 Å². The minimum absolute atomic E-state index is 0.164. The highest BCUT2D eigenvalue weighted by atomic mass is 16.5. The maximum atomic E-state index is 13.4. The van der Waals surface area contributed by atoms with Crippen LogP contribution in [0, 0.1) is 13.8 Å². The van der Waals surface area contributed by atoms with Crippen LogP contribution in [0.2, 0.25) is 0 Å². The fourth-order valence-corrected chi connectivity index (χ4v) is 3.73. The number of nitrogens with zero attached hydrogens (tertiary/aromatic N) is 4. The van der Waals surface area contributed by atoms with E-state index < -0.39 is 0 Å². The predicted octanol–water partition coefficient (Wildman–Crippen LogP) is 5.19. The van der Waals surface area contributed by atoms with Crippen molar-refractivity contribution in [2.24, 2.45) is 0 Å². The molecule has 0 N–H and O–H groups in total. The number of aryl methyl sites for hydroxylation is 1. The van der Waals surface area contributed by atoms with Gasteiger partial charge in [0.1, 0.15) is 24.0 Å². The highest BCUT2D eigenvalue weighted by molar-refractivity contribution is 5.62. The van der Waals surface area contributed by atoms with Crippen LogP contribution in [0.3, 0.4) is 0 Å². The van der Waals surface area contributed by atoms with Crippen LogP contribution in [-0.4, -0.2) is 26.6 Å². The van der Waals surface area contributed by atoms with E-state index in [0.29, 0.717) is 17.3 Å². The Morgan fingerprint density at radius 1 is 0.971 bits per heavy atom. The number of benzene rings is 2. The summed E-state index contributed by atoms with van der Waals surface area (Å²) in [7, 11) is 1.62. The molecule has 0 unspecified atom stereocenters. The van der Waals surface area contributed by atoms with Gasteiger partial charge in [0, 0.05) is 17.2 Å². The molecular weight excluding hydrogens is 440 g/mol. The summed E-state index contributed by atoms with van der Waals surface area (Å²) in [6.45, 7) is 10.1. The molecule has 0 atom stereocenters. The van der Waals surface area contributed by atoms with Gasteiger partial charge in [-0.15, -0.1) is 0 Å². The second-order valence-corrected chi connectivity index (χ2v) is 9.44. The molecule has 35 heavy (non-hydrogen) atoms. The lowest BCUT2D eigenvalue weighted by Gasteiger charge is -2.17. The van der Waals surface area contributed by atoms with Crippen LogP contribution < -0.4 is 15.0 Å². The SMILES string of the molecule is COc1cccc(COc2nc(C)n(-c3cccc(-c4ccnc(C(C)(C)C)n4)c3)c(=O)c2C)c1. The summed E-state index contributed by atoms with van der Waals surface area (Å²) in [5.74, 6) is 2.38. The molecule has 2 aromatic carbocycles. The number of aromatic nitrogens is 4. The molecule has 180 valence electrons. The summed E-state index contributed by atoms with van der Waals surface area (Å²) >= 11 is 0. The number of hydrogen-bond donors (Lipinski definition) is 0. The average Bonchev–Trinajstić information content (AvgIpc) is 2.85. The van der Waals surface area contributed by atoms with Crippen LogP contribution in [0.25, 0.3) is 16.9 Å². The minimum Gasteiger partial charge on any atom is -0.497 e. The van der Waals surface area contributed by atoms with Crippen molar-refractivity contribution in [3.63, 3.8) is 0 Å². The third kappa shape index (κ3) is 5.24. The van der Waals surface area contributed by atoms with Gasteiger partial charge in [0.25, 0.3) is 5.56 Å². The summed E-state index contributed by atoms with van der Waals surface area (Å²) in [6, 6.07) is 17.2. The molecule has 0 aliphatic rings. The number of rotatable bonds is 6. The van der Waals surface area contributed by atoms with Crippen molar-refractivity contribution in [1.29, 1.82) is 0 Å². The van der Waals surface area contributed by atoms with Gasteiger partial charge in [-0.2, -0.15) is 4.98 Å². The van der Waals surface area contributed by atoms with E-state index in [2.05, 4.69) is 30.7 Å². The van der Waals surface area contributed by atoms with E-state index in [1.165, 1.54) is 0 Å². The Bertz CT molecular complexity index is 1420. The summed E-state index contributed by atoms with van der Waals surface area (Å²) in [5, 5.41) is 0. The molecule has 0 saturated carbocycles. The quantitative estimate of drug-likeness (QED) is 0.386. The lowest BCUT2D eigenvalue weighted by atomic mass is 9.95. The summed E-state index contributed by atoms with van der Waals surface area (Å²) in [6.07, 6.45) is 1.77.